The summed E-state index contributed by atoms with van der Waals surface area (Å²) in [6.07, 6.45) is 1.97. The minimum atomic E-state index is -3.95. The Balaban J connectivity index is 2.16. The van der Waals surface area contributed by atoms with Crippen molar-refractivity contribution in [2.45, 2.75) is 51.0 Å². The van der Waals surface area contributed by atoms with Crippen LogP contribution in [-0.2, 0) is 10.0 Å². The van der Waals surface area contributed by atoms with Crippen molar-refractivity contribution >= 4 is 15.7 Å². The Morgan fingerprint density at radius 3 is 2.52 bits per heavy atom. The summed E-state index contributed by atoms with van der Waals surface area (Å²) < 4.78 is 36.4. The van der Waals surface area contributed by atoms with Gasteiger partial charge in [-0.1, -0.05) is 20.8 Å². The molecule has 2 atom stereocenters. The number of hydrogen-bond acceptors (Lipinski definition) is 4. The Hall–Kier alpha value is -1.18. The van der Waals surface area contributed by atoms with E-state index in [9.17, 15) is 17.9 Å². The van der Waals surface area contributed by atoms with Crippen molar-refractivity contribution in [3.8, 4) is 0 Å². The maximum Gasteiger partial charge on any atom is 0.238 e. The molecule has 0 heterocycles. The lowest BCUT2D eigenvalue weighted by Gasteiger charge is -2.45. The van der Waals surface area contributed by atoms with Crippen LogP contribution in [0, 0.1) is 16.6 Å². The van der Waals surface area contributed by atoms with Crippen LogP contribution in [0.5, 0.6) is 0 Å². The number of rotatable bonds is 4. The van der Waals surface area contributed by atoms with Gasteiger partial charge in [0.15, 0.2) is 0 Å². The number of hydrogen-bond donors (Lipinski definition) is 3. The molecule has 1 aliphatic carbocycles. The van der Waals surface area contributed by atoms with Crippen LogP contribution in [0.2, 0.25) is 0 Å². The molecular weight excluding hydrogens is 319 g/mol. The van der Waals surface area contributed by atoms with Crippen LogP contribution >= 0.6 is 0 Å². The lowest BCUT2D eigenvalue weighted by molar-refractivity contribution is -0.00318. The molecule has 1 saturated carbocycles. The third-order valence-electron chi connectivity index (χ3n) is 4.34. The second-order valence-corrected chi connectivity index (χ2v) is 9.35. The van der Waals surface area contributed by atoms with Gasteiger partial charge < -0.3 is 10.4 Å². The molecule has 7 heteroatoms. The van der Waals surface area contributed by atoms with Gasteiger partial charge in [0.2, 0.25) is 10.0 Å². The summed E-state index contributed by atoms with van der Waals surface area (Å²) in [5.41, 5.74) is 0.241. The zero-order chi connectivity index (χ0) is 17.5. The van der Waals surface area contributed by atoms with Gasteiger partial charge in [0.25, 0.3) is 0 Å². The van der Waals surface area contributed by atoms with Crippen LogP contribution in [0.3, 0.4) is 0 Å². The van der Waals surface area contributed by atoms with Crippen LogP contribution in [0.15, 0.2) is 23.1 Å². The smallest absolute Gasteiger partial charge is 0.238 e. The molecule has 0 aliphatic heterocycles. The van der Waals surface area contributed by atoms with Crippen molar-refractivity contribution in [1.82, 2.24) is 0 Å². The lowest BCUT2D eigenvalue weighted by Crippen LogP contribution is -2.42. The van der Waals surface area contributed by atoms with Crippen LogP contribution in [0.25, 0.3) is 0 Å². The van der Waals surface area contributed by atoms with Gasteiger partial charge in [-0.15, -0.1) is 0 Å². The Morgan fingerprint density at radius 1 is 1.30 bits per heavy atom. The van der Waals surface area contributed by atoms with Gasteiger partial charge in [0, 0.05) is 12.2 Å². The highest BCUT2D eigenvalue weighted by molar-refractivity contribution is 7.89. The summed E-state index contributed by atoms with van der Waals surface area (Å²) in [7, 11) is -3.95. The standard InChI is InChI=1S/C16H25FN2O3S/c1-15(2)7-13(20)8-16(3,9-15)10-19-12-4-11(17)5-14(6-12)23(18,21)22/h4-6,13,19-20H,7-10H2,1-3H3,(H2,18,21,22)/t13-,16-/m0/s1. The summed E-state index contributed by atoms with van der Waals surface area (Å²) in [6.45, 7) is 6.83. The Bertz CT molecular complexity index is 691. The van der Waals surface area contributed by atoms with Crippen molar-refractivity contribution in [1.29, 1.82) is 0 Å². The summed E-state index contributed by atoms with van der Waals surface area (Å²) in [5.74, 6) is -0.659. The van der Waals surface area contributed by atoms with Crippen molar-refractivity contribution in [3.63, 3.8) is 0 Å². The van der Waals surface area contributed by atoms with E-state index in [1.165, 1.54) is 12.1 Å². The van der Waals surface area contributed by atoms with Crippen LogP contribution in [0.4, 0.5) is 10.1 Å². The zero-order valence-corrected chi connectivity index (χ0v) is 14.6. The number of nitrogens with one attached hydrogen (secondary N) is 1. The molecule has 1 aromatic rings. The average molecular weight is 344 g/mol. The molecule has 1 aliphatic rings. The predicted molar refractivity (Wildman–Crippen MR) is 88.0 cm³/mol. The Labute approximate surface area is 137 Å². The molecule has 2 rings (SSSR count). The maximum atomic E-state index is 13.6. The van der Waals surface area contributed by atoms with Gasteiger partial charge in [-0.3, -0.25) is 0 Å². The molecule has 4 N–H and O–H groups in total. The fourth-order valence-electron chi connectivity index (χ4n) is 3.86. The number of halogens is 1. The first-order valence-corrected chi connectivity index (χ1v) is 9.19. The minimum absolute atomic E-state index is 0.0296. The summed E-state index contributed by atoms with van der Waals surface area (Å²) in [5, 5.41) is 18.2. The molecule has 0 saturated heterocycles. The highest BCUT2D eigenvalue weighted by atomic mass is 32.2. The van der Waals surface area contributed by atoms with Crippen molar-refractivity contribution < 1.29 is 17.9 Å². The second-order valence-electron chi connectivity index (χ2n) is 7.79. The van der Waals surface area contributed by atoms with Crippen molar-refractivity contribution in [2.24, 2.45) is 16.0 Å². The SMILES string of the molecule is CC1(C)C[C@H](O)C[C@](C)(CNc2cc(F)cc(S(N)(=O)=O)c2)C1. The van der Waals surface area contributed by atoms with Gasteiger partial charge in [0.05, 0.1) is 11.0 Å². The number of sulfonamides is 1. The fourth-order valence-corrected chi connectivity index (χ4v) is 4.43. The number of aliphatic hydroxyl groups excluding tert-OH is 1. The first-order valence-electron chi connectivity index (χ1n) is 7.64. The minimum Gasteiger partial charge on any atom is -0.393 e. The summed E-state index contributed by atoms with van der Waals surface area (Å²) in [6, 6.07) is 3.46. The molecule has 23 heavy (non-hydrogen) atoms. The highest BCUT2D eigenvalue weighted by Crippen LogP contribution is 2.46. The van der Waals surface area contributed by atoms with Crippen molar-refractivity contribution in [3.05, 3.63) is 24.0 Å². The van der Waals surface area contributed by atoms with Gasteiger partial charge >= 0.3 is 0 Å². The number of anilines is 1. The van der Waals surface area contributed by atoms with E-state index in [2.05, 4.69) is 26.1 Å². The van der Waals surface area contributed by atoms with Gasteiger partial charge in [-0.05, 0) is 48.3 Å². The Morgan fingerprint density at radius 2 is 1.96 bits per heavy atom. The molecule has 0 radical (unpaired) electrons. The maximum absolute atomic E-state index is 13.6. The molecule has 130 valence electrons. The molecule has 0 amide bonds. The van der Waals surface area contributed by atoms with Crippen LogP contribution in [0.1, 0.15) is 40.0 Å². The number of primary sulfonamides is 1. The molecule has 0 unspecified atom stereocenters. The van der Waals surface area contributed by atoms with E-state index in [1.807, 2.05) is 0 Å². The van der Waals surface area contributed by atoms with Gasteiger partial charge in [-0.2, -0.15) is 0 Å². The first kappa shape index (κ1) is 18.2. The van der Waals surface area contributed by atoms with Gasteiger partial charge in [-0.25, -0.2) is 17.9 Å². The second kappa shape index (κ2) is 6.03. The third kappa shape index (κ3) is 4.89. The molecular formula is C16H25FN2O3S. The van der Waals surface area contributed by atoms with E-state index < -0.39 is 15.8 Å². The Kier molecular flexibility index (Phi) is 4.76. The predicted octanol–water partition coefficient (Wildman–Crippen LogP) is 2.46. The topological polar surface area (TPSA) is 92.4 Å². The van der Waals surface area contributed by atoms with E-state index in [0.717, 1.165) is 18.9 Å². The highest BCUT2D eigenvalue weighted by Gasteiger charge is 2.40. The molecule has 0 spiro atoms. The van der Waals surface area contributed by atoms with Gasteiger partial charge in [0.1, 0.15) is 5.82 Å². The van der Waals surface area contributed by atoms with E-state index in [1.54, 1.807) is 0 Å². The van der Waals surface area contributed by atoms with E-state index >= 15 is 0 Å². The van der Waals surface area contributed by atoms with E-state index in [-0.39, 0.29) is 21.8 Å². The van der Waals surface area contributed by atoms with E-state index in [0.29, 0.717) is 18.7 Å². The molecule has 1 aromatic carbocycles. The quantitative estimate of drug-likeness (QED) is 0.782. The van der Waals surface area contributed by atoms with Crippen LogP contribution < -0.4 is 10.5 Å². The van der Waals surface area contributed by atoms with Crippen LogP contribution in [-0.4, -0.2) is 26.2 Å². The monoisotopic (exact) mass is 344 g/mol. The normalized spacial score (nSPS) is 27.7. The van der Waals surface area contributed by atoms with Crippen molar-refractivity contribution in [2.75, 3.05) is 11.9 Å². The number of benzene rings is 1. The third-order valence-corrected chi connectivity index (χ3v) is 5.23. The lowest BCUT2D eigenvalue weighted by atomic mass is 9.63. The molecule has 0 aromatic heterocycles. The number of nitrogens with two attached hydrogens (primary N) is 1. The first-order chi connectivity index (χ1) is 10.4. The molecule has 5 nitrogen and oxygen atoms in total. The largest absolute Gasteiger partial charge is 0.393 e. The fraction of sp³-hybridized carbons (Fsp3) is 0.625. The molecule has 1 fully saturated rings. The average Bonchev–Trinajstić information content (AvgIpc) is 2.31. The summed E-state index contributed by atoms with van der Waals surface area (Å²) in [4.78, 5) is -0.255. The molecule has 0 bridgehead atoms. The zero-order valence-electron chi connectivity index (χ0n) is 13.8. The number of aliphatic hydroxyl groups is 1. The summed E-state index contributed by atoms with van der Waals surface area (Å²) >= 11 is 0. The van der Waals surface area contributed by atoms with E-state index in [4.69, 9.17) is 5.14 Å².